The normalized spacial score (nSPS) is 35.7. The molecule has 1 N–H and O–H groups in total. The van der Waals surface area contributed by atoms with E-state index in [-0.39, 0.29) is 11.9 Å². The third-order valence-corrected chi connectivity index (χ3v) is 5.76. The number of likely N-dealkylation sites (tertiary alicyclic amines) is 1. The average molecular weight is 378 g/mol. The molecule has 1 aromatic carbocycles. The Labute approximate surface area is 142 Å². The van der Waals surface area contributed by atoms with Crippen molar-refractivity contribution in [1.82, 2.24) is 4.90 Å². The number of carboxylic acids is 1. The maximum atomic E-state index is 12.9. The fourth-order valence-corrected chi connectivity index (χ4v) is 4.32. The number of carbonyl (C=O) groups is 2. The van der Waals surface area contributed by atoms with Crippen LogP contribution in [0.2, 0.25) is 0 Å². The zero-order valence-electron chi connectivity index (χ0n) is 12.5. The van der Waals surface area contributed by atoms with Crippen LogP contribution >= 0.6 is 15.9 Å². The molecule has 2 saturated heterocycles. The number of carboxylic acid groups (broad SMARTS) is 1. The van der Waals surface area contributed by atoms with Crippen LogP contribution < -0.4 is 0 Å². The molecule has 4 rings (SSSR count). The number of ether oxygens (including phenoxy) is 1. The Morgan fingerprint density at radius 3 is 2.78 bits per heavy atom. The van der Waals surface area contributed by atoms with E-state index in [2.05, 4.69) is 15.9 Å². The highest BCUT2D eigenvalue weighted by molar-refractivity contribution is 9.10. The largest absolute Gasteiger partial charge is 0.481 e. The van der Waals surface area contributed by atoms with Crippen molar-refractivity contribution >= 4 is 27.8 Å². The predicted octanol–water partition coefficient (Wildman–Crippen LogP) is 2.38. The lowest BCUT2D eigenvalue weighted by Gasteiger charge is -2.27. The molecule has 1 aromatic rings. The van der Waals surface area contributed by atoms with Crippen LogP contribution in [0.5, 0.6) is 0 Å². The van der Waals surface area contributed by atoms with E-state index in [9.17, 15) is 14.7 Å². The molecule has 3 aliphatic rings. The van der Waals surface area contributed by atoms with Gasteiger partial charge in [0.15, 0.2) is 0 Å². The standard InChI is InChI=1S/C17H16BrNO4/c1-9(10-2-4-11(18)5-3-10)19-8-17-7-6-12(23-17)13(16(21)22)14(17)15(19)20/h2-7,9,12-14H,8H2,1H3,(H,21,22)/t9-,12-,13-,14+,17+/m0/s1. The van der Waals surface area contributed by atoms with Crippen molar-refractivity contribution < 1.29 is 19.4 Å². The van der Waals surface area contributed by atoms with Gasteiger partial charge < -0.3 is 14.7 Å². The summed E-state index contributed by atoms with van der Waals surface area (Å²) >= 11 is 3.40. The molecule has 2 fully saturated rings. The molecule has 5 atom stereocenters. The third kappa shape index (κ3) is 2.01. The number of carbonyl (C=O) groups excluding carboxylic acids is 1. The van der Waals surface area contributed by atoms with Crippen LogP contribution in [0.15, 0.2) is 40.9 Å². The van der Waals surface area contributed by atoms with Crippen molar-refractivity contribution in [1.29, 1.82) is 0 Å². The summed E-state index contributed by atoms with van der Waals surface area (Å²) in [6.45, 7) is 2.37. The summed E-state index contributed by atoms with van der Waals surface area (Å²) in [6, 6.07) is 7.69. The van der Waals surface area contributed by atoms with E-state index in [0.29, 0.717) is 6.54 Å². The molecule has 120 valence electrons. The molecule has 0 radical (unpaired) electrons. The second-order valence-corrected chi connectivity index (χ2v) is 7.35. The number of benzene rings is 1. The second kappa shape index (κ2) is 4.92. The lowest BCUT2D eigenvalue weighted by molar-refractivity contribution is -0.148. The quantitative estimate of drug-likeness (QED) is 0.821. The average Bonchev–Trinajstić information content (AvgIpc) is 3.15. The highest BCUT2D eigenvalue weighted by Gasteiger charge is 2.67. The Morgan fingerprint density at radius 2 is 2.13 bits per heavy atom. The molecule has 2 bridgehead atoms. The van der Waals surface area contributed by atoms with Gasteiger partial charge in [-0.15, -0.1) is 0 Å². The van der Waals surface area contributed by atoms with Gasteiger partial charge in [-0.1, -0.05) is 40.2 Å². The summed E-state index contributed by atoms with van der Waals surface area (Å²) in [5.74, 6) is -2.49. The fraction of sp³-hybridized carbons (Fsp3) is 0.412. The van der Waals surface area contributed by atoms with Crippen LogP contribution in [0.1, 0.15) is 18.5 Å². The number of nitrogens with zero attached hydrogens (tertiary/aromatic N) is 1. The minimum atomic E-state index is -0.960. The summed E-state index contributed by atoms with van der Waals surface area (Å²) in [7, 11) is 0. The van der Waals surface area contributed by atoms with Crippen molar-refractivity contribution in [3.8, 4) is 0 Å². The van der Waals surface area contributed by atoms with E-state index in [1.54, 1.807) is 11.0 Å². The van der Waals surface area contributed by atoms with Gasteiger partial charge in [-0.05, 0) is 24.6 Å². The summed E-state index contributed by atoms with van der Waals surface area (Å²) < 4.78 is 6.88. The maximum absolute atomic E-state index is 12.9. The minimum absolute atomic E-state index is 0.124. The van der Waals surface area contributed by atoms with Gasteiger partial charge in [-0.25, -0.2) is 0 Å². The molecular formula is C17H16BrNO4. The van der Waals surface area contributed by atoms with E-state index in [4.69, 9.17) is 4.74 Å². The van der Waals surface area contributed by atoms with E-state index in [1.165, 1.54) is 0 Å². The number of halogens is 1. The maximum Gasteiger partial charge on any atom is 0.310 e. The van der Waals surface area contributed by atoms with Crippen molar-refractivity contribution in [2.45, 2.75) is 24.7 Å². The minimum Gasteiger partial charge on any atom is -0.481 e. The Kier molecular flexibility index (Phi) is 3.19. The van der Waals surface area contributed by atoms with E-state index in [0.717, 1.165) is 10.0 Å². The molecule has 3 heterocycles. The first kappa shape index (κ1) is 14.9. The van der Waals surface area contributed by atoms with Crippen molar-refractivity contribution in [2.75, 3.05) is 6.54 Å². The summed E-state index contributed by atoms with van der Waals surface area (Å²) in [6.07, 6.45) is 3.19. The number of hydrogen-bond acceptors (Lipinski definition) is 3. The fourth-order valence-electron chi connectivity index (χ4n) is 4.06. The number of hydrogen-bond donors (Lipinski definition) is 1. The predicted molar refractivity (Wildman–Crippen MR) is 85.6 cm³/mol. The number of amides is 1. The van der Waals surface area contributed by atoms with Gasteiger partial charge in [-0.2, -0.15) is 0 Å². The second-order valence-electron chi connectivity index (χ2n) is 6.43. The lowest BCUT2D eigenvalue weighted by atomic mass is 9.77. The highest BCUT2D eigenvalue weighted by Crippen LogP contribution is 2.53. The van der Waals surface area contributed by atoms with Crippen LogP contribution in [0.3, 0.4) is 0 Å². The molecule has 0 aromatic heterocycles. The smallest absolute Gasteiger partial charge is 0.310 e. The summed E-state index contributed by atoms with van der Waals surface area (Å²) in [5, 5.41) is 9.48. The van der Waals surface area contributed by atoms with Crippen molar-refractivity contribution in [2.24, 2.45) is 11.8 Å². The van der Waals surface area contributed by atoms with Gasteiger partial charge in [0, 0.05) is 4.47 Å². The number of fused-ring (bicyclic) bond motifs is 1. The van der Waals surface area contributed by atoms with Gasteiger partial charge in [0.05, 0.1) is 24.6 Å². The third-order valence-electron chi connectivity index (χ3n) is 5.23. The molecule has 5 nitrogen and oxygen atoms in total. The molecule has 0 aliphatic carbocycles. The van der Waals surface area contributed by atoms with Crippen molar-refractivity contribution in [3.05, 3.63) is 46.5 Å². The van der Waals surface area contributed by atoms with Crippen LogP contribution in [0.25, 0.3) is 0 Å². The Balaban J connectivity index is 1.66. The van der Waals surface area contributed by atoms with Gasteiger partial charge >= 0.3 is 5.97 Å². The monoisotopic (exact) mass is 377 g/mol. The molecule has 3 aliphatic heterocycles. The van der Waals surface area contributed by atoms with Crippen molar-refractivity contribution in [3.63, 3.8) is 0 Å². The first-order valence-electron chi connectivity index (χ1n) is 7.59. The zero-order valence-corrected chi connectivity index (χ0v) is 14.1. The molecule has 6 heteroatoms. The van der Waals surface area contributed by atoms with Crippen LogP contribution in [-0.4, -0.2) is 40.1 Å². The van der Waals surface area contributed by atoms with E-state index < -0.39 is 29.5 Å². The lowest BCUT2D eigenvalue weighted by Crippen LogP contribution is -2.39. The van der Waals surface area contributed by atoms with Crippen LogP contribution in [-0.2, 0) is 14.3 Å². The van der Waals surface area contributed by atoms with Crippen LogP contribution in [0, 0.1) is 11.8 Å². The highest BCUT2D eigenvalue weighted by atomic mass is 79.9. The molecule has 0 unspecified atom stereocenters. The Hall–Kier alpha value is -1.66. The summed E-state index contributed by atoms with van der Waals surface area (Å²) in [5.41, 5.74) is 0.248. The first-order chi connectivity index (χ1) is 10.9. The number of aliphatic carboxylic acids is 1. The van der Waals surface area contributed by atoms with Gasteiger partial charge in [0.2, 0.25) is 5.91 Å². The van der Waals surface area contributed by atoms with Crippen LogP contribution in [0.4, 0.5) is 0 Å². The summed E-state index contributed by atoms with van der Waals surface area (Å²) in [4.78, 5) is 26.2. The molecule has 23 heavy (non-hydrogen) atoms. The molecular weight excluding hydrogens is 362 g/mol. The number of rotatable bonds is 3. The Bertz CT molecular complexity index is 716. The molecule has 1 spiro atoms. The first-order valence-corrected chi connectivity index (χ1v) is 8.38. The van der Waals surface area contributed by atoms with Gasteiger partial charge in [0.25, 0.3) is 0 Å². The molecule has 1 amide bonds. The van der Waals surface area contributed by atoms with Gasteiger partial charge in [0.1, 0.15) is 11.5 Å². The van der Waals surface area contributed by atoms with E-state index in [1.807, 2.05) is 37.3 Å². The van der Waals surface area contributed by atoms with E-state index >= 15 is 0 Å². The zero-order chi connectivity index (χ0) is 16.4. The topological polar surface area (TPSA) is 66.8 Å². The molecule has 0 saturated carbocycles. The Morgan fingerprint density at radius 1 is 1.43 bits per heavy atom. The van der Waals surface area contributed by atoms with Gasteiger partial charge in [-0.3, -0.25) is 9.59 Å². The SMILES string of the molecule is C[C@@H](c1ccc(Br)cc1)N1C[C@@]23C=C[C@H](O2)[C@H](C(=O)O)[C@@H]3C1=O.